The van der Waals surface area contributed by atoms with Crippen molar-refractivity contribution < 1.29 is 14.7 Å². The number of carbonyl (C=O) groups is 2. The minimum absolute atomic E-state index is 0.0903. The Kier molecular flexibility index (Phi) is 3.10. The number of carbonyl (C=O) groups excluding carboxylic acids is 2. The number of nitrogens with one attached hydrogen (secondary N) is 1. The van der Waals surface area contributed by atoms with Gasteiger partial charge in [0.2, 0.25) is 0 Å². The van der Waals surface area contributed by atoms with Crippen LogP contribution in [0.3, 0.4) is 0 Å². The maximum atomic E-state index is 11.6. The smallest absolute Gasteiger partial charge is 0.325 e. The van der Waals surface area contributed by atoms with E-state index in [1.54, 1.807) is 13.8 Å². The molecule has 0 saturated carbocycles. The van der Waals surface area contributed by atoms with Crippen LogP contribution in [0.1, 0.15) is 26.7 Å². The number of nitrogens with zero attached hydrogens (tertiary/aromatic N) is 1. The van der Waals surface area contributed by atoms with Crippen molar-refractivity contribution >= 4 is 11.9 Å². The molecule has 1 aliphatic rings. The molecule has 5 nitrogen and oxygen atoms in total. The first-order chi connectivity index (χ1) is 6.49. The van der Waals surface area contributed by atoms with Gasteiger partial charge in [0.1, 0.15) is 5.54 Å². The molecule has 2 N–H and O–H groups in total. The van der Waals surface area contributed by atoms with Crippen LogP contribution in [0.15, 0.2) is 0 Å². The Balaban J connectivity index is 2.53. The summed E-state index contributed by atoms with van der Waals surface area (Å²) >= 11 is 0. The molecule has 0 unspecified atom stereocenters. The fraction of sp³-hybridized carbons (Fsp3) is 0.778. The van der Waals surface area contributed by atoms with Crippen molar-refractivity contribution in [1.29, 1.82) is 0 Å². The van der Waals surface area contributed by atoms with Gasteiger partial charge in [0.05, 0.1) is 0 Å². The van der Waals surface area contributed by atoms with E-state index in [1.165, 1.54) is 4.90 Å². The van der Waals surface area contributed by atoms with Gasteiger partial charge < -0.3 is 10.4 Å². The summed E-state index contributed by atoms with van der Waals surface area (Å²) in [6.07, 6.45) is 1.25. The molecule has 0 radical (unpaired) electrons. The summed E-state index contributed by atoms with van der Waals surface area (Å²) in [7, 11) is 0. The molecule has 80 valence electrons. The monoisotopic (exact) mass is 200 g/mol. The first-order valence-corrected chi connectivity index (χ1v) is 4.74. The molecule has 3 amide bonds. The highest BCUT2D eigenvalue weighted by molar-refractivity contribution is 6.06. The van der Waals surface area contributed by atoms with Crippen molar-refractivity contribution in [2.24, 2.45) is 0 Å². The molecule has 14 heavy (non-hydrogen) atoms. The highest BCUT2D eigenvalue weighted by Crippen LogP contribution is 2.16. The van der Waals surface area contributed by atoms with Crippen LogP contribution < -0.4 is 5.32 Å². The predicted molar refractivity (Wildman–Crippen MR) is 50.6 cm³/mol. The van der Waals surface area contributed by atoms with Crippen LogP contribution in [-0.2, 0) is 4.79 Å². The zero-order chi connectivity index (χ0) is 10.8. The maximum absolute atomic E-state index is 11.6. The number of hydrogen-bond acceptors (Lipinski definition) is 3. The van der Waals surface area contributed by atoms with E-state index in [0.717, 1.165) is 0 Å². The molecule has 1 rings (SSSR count). The molecule has 0 bridgehead atoms. The van der Waals surface area contributed by atoms with Crippen LogP contribution in [-0.4, -0.2) is 40.6 Å². The molecule has 0 spiro atoms. The van der Waals surface area contributed by atoms with Crippen molar-refractivity contribution in [3.63, 3.8) is 0 Å². The lowest BCUT2D eigenvalue weighted by Crippen LogP contribution is -2.40. The quantitative estimate of drug-likeness (QED) is 0.499. The van der Waals surface area contributed by atoms with Gasteiger partial charge in [-0.25, -0.2) is 4.79 Å². The lowest BCUT2D eigenvalue weighted by Gasteiger charge is -2.15. The normalized spacial score (nSPS) is 20.1. The molecule has 0 aromatic rings. The summed E-state index contributed by atoms with van der Waals surface area (Å²) < 4.78 is 0. The van der Waals surface area contributed by atoms with Crippen molar-refractivity contribution in [3.05, 3.63) is 0 Å². The Morgan fingerprint density at radius 3 is 2.43 bits per heavy atom. The number of imide groups is 1. The van der Waals surface area contributed by atoms with Crippen LogP contribution in [0.5, 0.6) is 0 Å². The first-order valence-electron chi connectivity index (χ1n) is 4.74. The van der Waals surface area contributed by atoms with E-state index in [1.807, 2.05) is 0 Å². The Hall–Kier alpha value is -1.10. The minimum Gasteiger partial charge on any atom is -0.396 e. The molecule has 0 atom stereocenters. The molecule has 1 fully saturated rings. The van der Waals surface area contributed by atoms with Crippen molar-refractivity contribution in [2.45, 2.75) is 32.2 Å². The Morgan fingerprint density at radius 2 is 2.00 bits per heavy atom. The number of urea groups is 1. The van der Waals surface area contributed by atoms with E-state index < -0.39 is 5.54 Å². The van der Waals surface area contributed by atoms with Crippen LogP contribution >= 0.6 is 0 Å². The van der Waals surface area contributed by atoms with Gasteiger partial charge in [-0.1, -0.05) is 0 Å². The highest BCUT2D eigenvalue weighted by atomic mass is 16.3. The molecule has 5 heteroatoms. The zero-order valence-corrected chi connectivity index (χ0v) is 8.54. The average Bonchev–Trinajstić information content (AvgIpc) is 2.27. The van der Waals surface area contributed by atoms with E-state index in [2.05, 4.69) is 5.32 Å². The van der Waals surface area contributed by atoms with E-state index in [4.69, 9.17) is 5.11 Å². The van der Waals surface area contributed by atoms with E-state index in [-0.39, 0.29) is 18.5 Å². The molecular formula is C9H16N2O3. The largest absolute Gasteiger partial charge is 0.396 e. The van der Waals surface area contributed by atoms with Gasteiger partial charge in [-0.15, -0.1) is 0 Å². The van der Waals surface area contributed by atoms with Crippen molar-refractivity contribution in [2.75, 3.05) is 13.2 Å². The van der Waals surface area contributed by atoms with Gasteiger partial charge in [0.25, 0.3) is 5.91 Å². The molecule has 0 aliphatic carbocycles. The van der Waals surface area contributed by atoms with E-state index >= 15 is 0 Å². The van der Waals surface area contributed by atoms with Crippen molar-refractivity contribution in [1.82, 2.24) is 10.2 Å². The topological polar surface area (TPSA) is 69.6 Å². The second-order valence-electron chi connectivity index (χ2n) is 3.94. The molecule has 0 aromatic heterocycles. The average molecular weight is 200 g/mol. The predicted octanol–water partition coefficient (Wildman–Crippen LogP) is 0.0893. The summed E-state index contributed by atoms with van der Waals surface area (Å²) in [5, 5.41) is 11.2. The summed E-state index contributed by atoms with van der Waals surface area (Å²) in [4.78, 5) is 24.1. The number of hydrogen-bond donors (Lipinski definition) is 2. The number of unbranched alkanes of at least 4 members (excludes halogenated alkanes) is 1. The van der Waals surface area contributed by atoms with Gasteiger partial charge in [-0.05, 0) is 26.7 Å². The Morgan fingerprint density at radius 1 is 1.36 bits per heavy atom. The zero-order valence-electron chi connectivity index (χ0n) is 8.54. The third-order valence-corrected chi connectivity index (χ3v) is 2.23. The first kappa shape index (κ1) is 11.0. The fourth-order valence-electron chi connectivity index (χ4n) is 1.40. The second kappa shape index (κ2) is 3.96. The van der Waals surface area contributed by atoms with Crippen LogP contribution in [0.25, 0.3) is 0 Å². The van der Waals surface area contributed by atoms with Crippen LogP contribution in [0, 0.1) is 0 Å². The summed E-state index contributed by atoms with van der Waals surface area (Å²) in [6.45, 7) is 3.83. The third kappa shape index (κ3) is 2.04. The van der Waals surface area contributed by atoms with E-state index in [0.29, 0.717) is 19.4 Å². The number of rotatable bonds is 4. The number of amides is 3. The third-order valence-electron chi connectivity index (χ3n) is 2.23. The molecule has 1 heterocycles. The van der Waals surface area contributed by atoms with Gasteiger partial charge in [-0.2, -0.15) is 0 Å². The van der Waals surface area contributed by atoms with E-state index in [9.17, 15) is 9.59 Å². The van der Waals surface area contributed by atoms with Gasteiger partial charge >= 0.3 is 6.03 Å². The van der Waals surface area contributed by atoms with Crippen LogP contribution in [0.4, 0.5) is 4.79 Å². The molecule has 0 aromatic carbocycles. The maximum Gasteiger partial charge on any atom is 0.325 e. The lowest BCUT2D eigenvalue weighted by atomic mass is 10.1. The molecular weight excluding hydrogens is 184 g/mol. The van der Waals surface area contributed by atoms with Gasteiger partial charge in [0, 0.05) is 13.2 Å². The second-order valence-corrected chi connectivity index (χ2v) is 3.94. The van der Waals surface area contributed by atoms with Crippen LogP contribution in [0.2, 0.25) is 0 Å². The summed E-state index contributed by atoms with van der Waals surface area (Å²) in [5.74, 6) is -0.194. The highest BCUT2D eigenvalue weighted by Gasteiger charge is 2.43. The van der Waals surface area contributed by atoms with Crippen molar-refractivity contribution in [3.8, 4) is 0 Å². The summed E-state index contributed by atoms with van der Waals surface area (Å²) in [5.41, 5.74) is -0.781. The minimum atomic E-state index is -0.781. The number of aliphatic hydroxyl groups excluding tert-OH is 1. The number of aliphatic hydroxyl groups is 1. The lowest BCUT2D eigenvalue weighted by molar-refractivity contribution is -0.130. The Bertz CT molecular complexity index is 250. The van der Waals surface area contributed by atoms with Gasteiger partial charge in [0.15, 0.2) is 0 Å². The standard InChI is InChI=1S/C9H16N2O3/c1-9(2)7(13)11(8(14)10-9)5-3-4-6-12/h12H,3-6H2,1-2H3,(H,10,14). The SMILES string of the molecule is CC1(C)NC(=O)N(CCCCO)C1=O. The molecule has 1 saturated heterocycles. The Labute approximate surface area is 83.1 Å². The fourth-order valence-corrected chi connectivity index (χ4v) is 1.40. The summed E-state index contributed by atoms with van der Waals surface area (Å²) in [6, 6.07) is -0.335. The van der Waals surface area contributed by atoms with Gasteiger partial charge in [-0.3, -0.25) is 9.69 Å². The molecule has 1 aliphatic heterocycles.